The van der Waals surface area contributed by atoms with Gasteiger partial charge in [0.25, 0.3) is 0 Å². The Morgan fingerprint density at radius 2 is 2.21 bits per heavy atom. The zero-order valence-corrected chi connectivity index (χ0v) is 12.0. The van der Waals surface area contributed by atoms with Crippen molar-refractivity contribution >= 4 is 5.91 Å². The molecule has 19 heavy (non-hydrogen) atoms. The highest BCUT2D eigenvalue weighted by molar-refractivity contribution is 5.81. The Hall–Kier alpha value is -1.55. The number of carbonyl (C=O) groups is 1. The number of methoxy groups -OCH3 is 1. The summed E-state index contributed by atoms with van der Waals surface area (Å²) in [7, 11) is 1.65. The Bertz CT molecular complexity index is 393. The van der Waals surface area contributed by atoms with Crippen molar-refractivity contribution in [3.63, 3.8) is 0 Å². The molecule has 1 unspecified atom stereocenters. The van der Waals surface area contributed by atoms with Crippen LogP contribution in [-0.2, 0) is 11.3 Å². The van der Waals surface area contributed by atoms with Crippen molar-refractivity contribution in [2.45, 2.75) is 39.3 Å². The normalized spacial score (nSPS) is 11.9. The molecule has 106 valence electrons. The van der Waals surface area contributed by atoms with Gasteiger partial charge < -0.3 is 15.4 Å². The van der Waals surface area contributed by atoms with Crippen LogP contribution in [0, 0.1) is 0 Å². The third-order valence-corrected chi connectivity index (χ3v) is 2.97. The highest BCUT2D eigenvalue weighted by Crippen LogP contribution is 2.12. The Morgan fingerprint density at radius 3 is 2.89 bits per heavy atom. The zero-order valence-electron chi connectivity index (χ0n) is 12.0. The third kappa shape index (κ3) is 5.75. The fourth-order valence-electron chi connectivity index (χ4n) is 1.69. The number of nitrogens with one attached hydrogen (secondary N) is 2. The van der Waals surface area contributed by atoms with Crippen molar-refractivity contribution in [2.24, 2.45) is 0 Å². The van der Waals surface area contributed by atoms with Crippen LogP contribution >= 0.6 is 0 Å². The van der Waals surface area contributed by atoms with Crippen LogP contribution in [0.15, 0.2) is 24.3 Å². The van der Waals surface area contributed by atoms with Crippen molar-refractivity contribution in [1.82, 2.24) is 10.6 Å². The molecule has 1 rings (SSSR count). The highest BCUT2D eigenvalue weighted by Gasteiger charge is 2.11. The van der Waals surface area contributed by atoms with Crippen LogP contribution in [0.1, 0.15) is 32.3 Å². The van der Waals surface area contributed by atoms with Gasteiger partial charge in [0.1, 0.15) is 5.75 Å². The topological polar surface area (TPSA) is 50.4 Å². The molecule has 0 radical (unpaired) electrons. The van der Waals surface area contributed by atoms with E-state index in [-0.39, 0.29) is 11.9 Å². The van der Waals surface area contributed by atoms with Gasteiger partial charge in [0.05, 0.1) is 13.2 Å². The molecule has 1 amide bonds. The fraction of sp³-hybridized carbons (Fsp3) is 0.533. The van der Waals surface area contributed by atoms with Gasteiger partial charge in [-0.15, -0.1) is 0 Å². The second-order valence-corrected chi connectivity index (χ2v) is 4.60. The molecular formula is C15H24N2O2. The first-order valence-electron chi connectivity index (χ1n) is 6.81. The molecule has 0 bridgehead atoms. The molecule has 2 N–H and O–H groups in total. The quantitative estimate of drug-likeness (QED) is 0.707. The van der Waals surface area contributed by atoms with E-state index in [4.69, 9.17) is 4.74 Å². The standard InChI is InChI=1S/C15H24N2O2/c1-4-5-9-16-15(18)12(2)17-11-13-7-6-8-14(10-13)19-3/h6-8,10,12,17H,4-5,9,11H2,1-3H3,(H,16,18). The first-order valence-corrected chi connectivity index (χ1v) is 6.81. The van der Waals surface area contributed by atoms with E-state index in [2.05, 4.69) is 17.6 Å². The number of ether oxygens (including phenoxy) is 1. The van der Waals surface area contributed by atoms with Gasteiger partial charge in [0, 0.05) is 13.1 Å². The molecule has 4 nitrogen and oxygen atoms in total. The lowest BCUT2D eigenvalue weighted by Gasteiger charge is -2.14. The molecule has 0 heterocycles. The molecule has 1 aromatic carbocycles. The molecule has 0 saturated heterocycles. The van der Waals surface area contributed by atoms with Crippen molar-refractivity contribution < 1.29 is 9.53 Å². The van der Waals surface area contributed by atoms with Crippen LogP contribution < -0.4 is 15.4 Å². The Labute approximate surface area is 115 Å². The van der Waals surface area contributed by atoms with Crippen LogP contribution in [0.3, 0.4) is 0 Å². The van der Waals surface area contributed by atoms with Crippen LogP contribution in [-0.4, -0.2) is 25.6 Å². The minimum absolute atomic E-state index is 0.0522. The second kappa shape index (κ2) is 8.53. The lowest BCUT2D eigenvalue weighted by molar-refractivity contribution is -0.122. The minimum atomic E-state index is -0.192. The summed E-state index contributed by atoms with van der Waals surface area (Å²) in [5, 5.41) is 6.13. The van der Waals surface area contributed by atoms with E-state index in [1.807, 2.05) is 31.2 Å². The predicted octanol–water partition coefficient (Wildman–Crippen LogP) is 2.09. The monoisotopic (exact) mass is 264 g/mol. The average molecular weight is 264 g/mol. The van der Waals surface area contributed by atoms with E-state index in [0.717, 1.165) is 30.7 Å². The Balaban J connectivity index is 2.36. The fourth-order valence-corrected chi connectivity index (χ4v) is 1.69. The summed E-state index contributed by atoms with van der Waals surface area (Å²) in [5.74, 6) is 0.885. The van der Waals surface area contributed by atoms with Gasteiger partial charge in [0.15, 0.2) is 0 Å². The molecule has 0 aliphatic carbocycles. The Morgan fingerprint density at radius 1 is 1.42 bits per heavy atom. The van der Waals surface area contributed by atoms with Gasteiger partial charge >= 0.3 is 0 Å². The summed E-state index contributed by atoms with van der Waals surface area (Å²) >= 11 is 0. The SMILES string of the molecule is CCCCNC(=O)C(C)NCc1cccc(OC)c1. The molecule has 0 aliphatic heterocycles. The number of carbonyl (C=O) groups excluding carboxylic acids is 1. The maximum Gasteiger partial charge on any atom is 0.236 e. The molecule has 1 atom stereocenters. The molecular weight excluding hydrogens is 240 g/mol. The van der Waals surface area contributed by atoms with E-state index in [1.165, 1.54) is 0 Å². The van der Waals surface area contributed by atoms with E-state index >= 15 is 0 Å². The highest BCUT2D eigenvalue weighted by atomic mass is 16.5. The summed E-state index contributed by atoms with van der Waals surface area (Å²) in [5.41, 5.74) is 1.10. The minimum Gasteiger partial charge on any atom is -0.497 e. The number of amides is 1. The van der Waals surface area contributed by atoms with Gasteiger partial charge in [-0.2, -0.15) is 0 Å². The van der Waals surface area contributed by atoms with E-state index in [0.29, 0.717) is 6.54 Å². The second-order valence-electron chi connectivity index (χ2n) is 4.60. The van der Waals surface area contributed by atoms with Gasteiger partial charge in [-0.3, -0.25) is 4.79 Å². The van der Waals surface area contributed by atoms with Crippen LogP contribution in [0.5, 0.6) is 5.75 Å². The summed E-state index contributed by atoms with van der Waals surface area (Å²) in [4.78, 5) is 11.8. The maximum atomic E-state index is 11.8. The molecule has 1 aromatic rings. The maximum absolute atomic E-state index is 11.8. The number of unbranched alkanes of at least 4 members (excludes halogenated alkanes) is 1. The first kappa shape index (κ1) is 15.5. The van der Waals surface area contributed by atoms with Gasteiger partial charge in [-0.25, -0.2) is 0 Å². The molecule has 0 saturated carbocycles. The summed E-state index contributed by atoms with van der Waals surface area (Å²) in [6.45, 7) is 5.39. The largest absolute Gasteiger partial charge is 0.497 e. The van der Waals surface area contributed by atoms with Crippen molar-refractivity contribution in [3.8, 4) is 5.75 Å². The number of hydrogen-bond donors (Lipinski definition) is 2. The smallest absolute Gasteiger partial charge is 0.236 e. The molecule has 4 heteroatoms. The van der Waals surface area contributed by atoms with Crippen molar-refractivity contribution in [2.75, 3.05) is 13.7 Å². The van der Waals surface area contributed by atoms with Gasteiger partial charge in [0.2, 0.25) is 5.91 Å². The number of rotatable bonds is 8. The zero-order chi connectivity index (χ0) is 14.1. The van der Waals surface area contributed by atoms with E-state index < -0.39 is 0 Å². The molecule has 0 aliphatic rings. The Kier molecular flexibility index (Phi) is 6.97. The predicted molar refractivity (Wildman–Crippen MR) is 77.2 cm³/mol. The van der Waals surface area contributed by atoms with Crippen LogP contribution in [0.2, 0.25) is 0 Å². The molecule has 0 fully saturated rings. The van der Waals surface area contributed by atoms with Gasteiger partial charge in [-0.05, 0) is 31.0 Å². The van der Waals surface area contributed by atoms with E-state index in [1.54, 1.807) is 7.11 Å². The number of benzene rings is 1. The van der Waals surface area contributed by atoms with Crippen molar-refractivity contribution in [3.05, 3.63) is 29.8 Å². The lowest BCUT2D eigenvalue weighted by atomic mass is 10.2. The van der Waals surface area contributed by atoms with Gasteiger partial charge in [-0.1, -0.05) is 25.5 Å². The van der Waals surface area contributed by atoms with Crippen molar-refractivity contribution in [1.29, 1.82) is 0 Å². The first-order chi connectivity index (χ1) is 9.17. The van der Waals surface area contributed by atoms with E-state index in [9.17, 15) is 4.79 Å². The summed E-state index contributed by atoms with van der Waals surface area (Å²) in [6, 6.07) is 7.64. The van der Waals surface area contributed by atoms with Crippen LogP contribution in [0.25, 0.3) is 0 Å². The third-order valence-electron chi connectivity index (χ3n) is 2.97. The average Bonchev–Trinajstić information content (AvgIpc) is 2.45. The summed E-state index contributed by atoms with van der Waals surface area (Å²) < 4.78 is 5.17. The number of hydrogen-bond acceptors (Lipinski definition) is 3. The van der Waals surface area contributed by atoms with Crippen LogP contribution in [0.4, 0.5) is 0 Å². The molecule has 0 aromatic heterocycles. The molecule has 0 spiro atoms. The summed E-state index contributed by atoms with van der Waals surface area (Å²) in [6.07, 6.45) is 2.11. The lowest BCUT2D eigenvalue weighted by Crippen LogP contribution is -2.42.